The molecule has 0 N–H and O–H groups in total. The van der Waals surface area contributed by atoms with Crippen molar-refractivity contribution < 1.29 is 19.1 Å². The van der Waals surface area contributed by atoms with Crippen LogP contribution in [0.3, 0.4) is 0 Å². The van der Waals surface area contributed by atoms with Crippen molar-refractivity contribution in [3.05, 3.63) is 22.4 Å². The van der Waals surface area contributed by atoms with E-state index in [9.17, 15) is 14.4 Å². The van der Waals surface area contributed by atoms with Crippen LogP contribution in [0.1, 0.15) is 23.0 Å². The van der Waals surface area contributed by atoms with Gasteiger partial charge in [-0.15, -0.1) is 11.3 Å². The molecular formula is C14H20N2O4S. The highest BCUT2D eigenvalue weighted by Crippen LogP contribution is 2.11. The third-order valence-corrected chi connectivity index (χ3v) is 3.70. The van der Waals surface area contributed by atoms with E-state index in [2.05, 4.69) is 4.74 Å². The van der Waals surface area contributed by atoms with Crippen LogP contribution < -0.4 is 0 Å². The minimum Gasteiger partial charge on any atom is -0.468 e. The Bertz CT molecular complexity index is 487. The van der Waals surface area contributed by atoms with E-state index in [4.69, 9.17) is 0 Å². The van der Waals surface area contributed by atoms with Gasteiger partial charge in [0.2, 0.25) is 5.91 Å². The molecule has 0 saturated heterocycles. The van der Waals surface area contributed by atoms with Gasteiger partial charge in [-0.1, -0.05) is 13.0 Å². The van der Waals surface area contributed by atoms with E-state index in [-0.39, 0.29) is 24.9 Å². The summed E-state index contributed by atoms with van der Waals surface area (Å²) < 4.78 is 4.58. The zero-order chi connectivity index (χ0) is 15.8. The maximum atomic E-state index is 12.2. The Morgan fingerprint density at radius 3 is 2.52 bits per heavy atom. The third-order valence-electron chi connectivity index (χ3n) is 2.84. The first-order valence-electron chi connectivity index (χ1n) is 6.63. The van der Waals surface area contributed by atoms with Gasteiger partial charge in [0, 0.05) is 13.6 Å². The molecule has 7 heteroatoms. The molecule has 0 spiro atoms. The monoisotopic (exact) mass is 312 g/mol. The Morgan fingerprint density at radius 2 is 2.00 bits per heavy atom. The van der Waals surface area contributed by atoms with Crippen LogP contribution in [0.2, 0.25) is 0 Å². The topological polar surface area (TPSA) is 66.9 Å². The summed E-state index contributed by atoms with van der Waals surface area (Å²) in [5, 5.41) is 1.81. The molecule has 0 bridgehead atoms. The van der Waals surface area contributed by atoms with Crippen LogP contribution in [0.5, 0.6) is 0 Å². The molecule has 0 aliphatic heterocycles. The second-order valence-electron chi connectivity index (χ2n) is 4.53. The van der Waals surface area contributed by atoms with Crippen molar-refractivity contribution in [1.29, 1.82) is 0 Å². The molecule has 6 nitrogen and oxygen atoms in total. The lowest BCUT2D eigenvalue weighted by atomic mass is 10.3. The first-order chi connectivity index (χ1) is 9.99. The average Bonchev–Trinajstić information content (AvgIpc) is 2.99. The molecule has 21 heavy (non-hydrogen) atoms. The zero-order valence-corrected chi connectivity index (χ0v) is 13.3. The second-order valence-corrected chi connectivity index (χ2v) is 5.48. The Hall–Kier alpha value is -1.89. The number of ether oxygens (including phenoxy) is 1. The molecule has 0 aliphatic carbocycles. The second kappa shape index (κ2) is 8.41. The largest absolute Gasteiger partial charge is 0.468 e. The van der Waals surface area contributed by atoms with Crippen LogP contribution in [-0.4, -0.2) is 61.4 Å². The predicted octanol–water partition coefficient (Wildman–Crippen LogP) is 1.23. The average molecular weight is 312 g/mol. The van der Waals surface area contributed by atoms with Crippen molar-refractivity contribution in [2.24, 2.45) is 0 Å². The van der Waals surface area contributed by atoms with E-state index in [0.29, 0.717) is 11.4 Å². The van der Waals surface area contributed by atoms with E-state index in [1.54, 1.807) is 19.2 Å². The zero-order valence-electron chi connectivity index (χ0n) is 12.5. The lowest BCUT2D eigenvalue weighted by Crippen LogP contribution is -2.43. The fourth-order valence-electron chi connectivity index (χ4n) is 1.75. The quantitative estimate of drug-likeness (QED) is 0.710. The minimum atomic E-state index is -0.468. The van der Waals surface area contributed by atoms with E-state index in [0.717, 1.165) is 6.42 Å². The van der Waals surface area contributed by atoms with Crippen molar-refractivity contribution in [1.82, 2.24) is 9.80 Å². The molecule has 0 aromatic carbocycles. The summed E-state index contributed by atoms with van der Waals surface area (Å²) in [6, 6.07) is 3.50. The molecule has 0 fully saturated rings. The lowest BCUT2D eigenvalue weighted by molar-refractivity contribution is -0.147. The van der Waals surface area contributed by atoms with Crippen molar-refractivity contribution in [2.45, 2.75) is 13.3 Å². The van der Waals surface area contributed by atoms with Gasteiger partial charge >= 0.3 is 5.97 Å². The highest BCUT2D eigenvalue weighted by atomic mass is 32.1. The molecule has 2 amide bonds. The van der Waals surface area contributed by atoms with Crippen molar-refractivity contribution in [3.8, 4) is 0 Å². The van der Waals surface area contributed by atoms with Gasteiger partial charge in [0.1, 0.15) is 6.54 Å². The molecule has 0 atom stereocenters. The third kappa shape index (κ3) is 5.18. The molecule has 116 valence electrons. The Morgan fingerprint density at radius 1 is 1.29 bits per heavy atom. The number of hydrogen-bond donors (Lipinski definition) is 0. The van der Waals surface area contributed by atoms with Gasteiger partial charge in [-0.2, -0.15) is 0 Å². The SMILES string of the molecule is CCCN(CC(=O)OC)C(=O)CN(C)C(=O)c1cccs1. The highest BCUT2D eigenvalue weighted by Gasteiger charge is 2.21. The first-order valence-corrected chi connectivity index (χ1v) is 7.51. The molecular weight excluding hydrogens is 292 g/mol. The van der Waals surface area contributed by atoms with Crippen molar-refractivity contribution in [2.75, 3.05) is 33.8 Å². The van der Waals surface area contributed by atoms with E-state index >= 15 is 0 Å². The summed E-state index contributed by atoms with van der Waals surface area (Å²) in [6.45, 7) is 2.21. The van der Waals surface area contributed by atoms with E-state index in [1.165, 1.54) is 28.2 Å². The summed E-state index contributed by atoms with van der Waals surface area (Å²) in [5.41, 5.74) is 0. The normalized spacial score (nSPS) is 10.0. The summed E-state index contributed by atoms with van der Waals surface area (Å²) in [4.78, 5) is 38.9. The smallest absolute Gasteiger partial charge is 0.325 e. The maximum absolute atomic E-state index is 12.2. The van der Waals surface area contributed by atoms with Gasteiger partial charge in [0.05, 0.1) is 18.5 Å². The molecule has 1 aromatic rings. The van der Waals surface area contributed by atoms with E-state index in [1.807, 2.05) is 12.3 Å². The van der Waals surface area contributed by atoms with Crippen LogP contribution in [0.15, 0.2) is 17.5 Å². The van der Waals surface area contributed by atoms with Gasteiger partial charge in [-0.05, 0) is 17.9 Å². The number of thiophene rings is 1. The molecule has 0 aliphatic rings. The summed E-state index contributed by atoms with van der Waals surface area (Å²) in [6.07, 6.45) is 0.727. The number of carbonyl (C=O) groups is 3. The Balaban J connectivity index is 2.63. The van der Waals surface area contributed by atoms with E-state index < -0.39 is 5.97 Å². The highest BCUT2D eigenvalue weighted by molar-refractivity contribution is 7.12. The number of likely N-dealkylation sites (N-methyl/N-ethyl adjacent to an activating group) is 1. The molecule has 0 unspecified atom stereocenters. The van der Waals surface area contributed by atoms with Crippen LogP contribution in [0.25, 0.3) is 0 Å². The molecule has 1 aromatic heterocycles. The summed E-state index contributed by atoms with van der Waals surface area (Å²) in [7, 11) is 2.85. The number of esters is 1. The number of rotatable bonds is 7. The van der Waals surface area contributed by atoms with Crippen LogP contribution in [-0.2, 0) is 14.3 Å². The Kier molecular flexibility index (Phi) is 6.87. The van der Waals surface area contributed by atoms with Crippen molar-refractivity contribution >= 4 is 29.1 Å². The first kappa shape index (κ1) is 17.2. The summed E-state index contributed by atoms with van der Waals surface area (Å²) >= 11 is 1.33. The fourth-order valence-corrected chi connectivity index (χ4v) is 2.46. The Labute approximate surface area is 128 Å². The fraction of sp³-hybridized carbons (Fsp3) is 0.500. The molecule has 1 heterocycles. The summed E-state index contributed by atoms with van der Waals surface area (Å²) in [5.74, 6) is -0.938. The minimum absolute atomic E-state index is 0.0618. The number of methoxy groups -OCH3 is 1. The lowest BCUT2D eigenvalue weighted by Gasteiger charge is -2.24. The van der Waals surface area contributed by atoms with Crippen LogP contribution in [0, 0.1) is 0 Å². The number of amides is 2. The number of carbonyl (C=O) groups excluding carboxylic acids is 3. The standard InChI is InChI=1S/C14H20N2O4S/c1-4-7-16(10-13(18)20-3)12(17)9-15(2)14(19)11-6-5-8-21-11/h5-6,8H,4,7,9-10H2,1-3H3. The molecule has 0 radical (unpaired) electrons. The van der Waals surface area contributed by atoms with Gasteiger partial charge in [0.15, 0.2) is 0 Å². The van der Waals surface area contributed by atoms with Crippen LogP contribution >= 0.6 is 11.3 Å². The van der Waals surface area contributed by atoms with Gasteiger partial charge < -0.3 is 14.5 Å². The maximum Gasteiger partial charge on any atom is 0.325 e. The molecule has 1 rings (SSSR count). The predicted molar refractivity (Wildman–Crippen MR) is 80.2 cm³/mol. The van der Waals surface area contributed by atoms with Gasteiger partial charge in [-0.3, -0.25) is 14.4 Å². The van der Waals surface area contributed by atoms with Crippen molar-refractivity contribution in [3.63, 3.8) is 0 Å². The number of hydrogen-bond acceptors (Lipinski definition) is 5. The molecule has 0 saturated carbocycles. The van der Waals surface area contributed by atoms with Gasteiger partial charge in [-0.25, -0.2) is 0 Å². The van der Waals surface area contributed by atoms with Crippen LogP contribution in [0.4, 0.5) is 0 Å². The number of nitrogens with zero attached hydrogens (tertiary/aromatic N) is 2. The van der Waals surface area contributed by atoms with Gasteiger partial charge in [0.25, 0.3) is 5.91 Å².